The molecule has 0 saturated heterocycles. The molecular formula is C13H17ClFN3O2. The fraction of sp³-hybridized carbons (Fsp3) is 0.385. The Balaban J connectivity index is 2.39. The molecule has 0 unspecified atom stereocenters. The van der Waals surface area contributed by atoms with Crippen LogP contribution in [0.2, 0.25) is 5.02 Å². The third-order valence-electron chi connectivity index (χ3n) is 2.41. The number of rotatable bonds is 6. The first kappa shape index (κ1) is 16.4. The molecule has 0 spiro atoms. The van der Waals surface area contributed by atoms with E-state index in [1.165, 1.54) is 12.1 Å². The lowest BCUT2D eigenvalue weighted by molar-refractivity contribution is -0.126. The maximum Gasteiger partial charge on any atom is 0.233 e. The summed E-state index contributed by atoms with van der Waals surface area (Å²) in [6.45, 7) is 1.17. The van der Waals surface area contributed by atoms with Gasteiger partial charge < -0.3 is 15.5 Å². The smallest absolute Gasteiger partial charge is 0.233 e. The van der Waals surface area contributed by atoms with Crippen LogP contribution in [0.4, 0.5) is 10.1 Å². The van der Waals surface area contributed by atoms with Crippen molar-refractivity contribution in [3.63, 3.8) is 0 Å². The van der Waals surface area contributed by atoms with Gasteiger partial charge in [0, 0.05) is 18.8 Å². The lowest BCUT2D eigenvalue weighted by Crippen LogP contribution is -2.33. The van der Waals surface area contributed by atoms with E-state index in [1.54, 1.807) is 0 Å². The molecule has 110 valence electrons. The number of carbonyl (C=O) groups excluding carboxylic acids is 2. The van der Waals surface area contributed by atoms with Crippen molar-refractivity contribution in [3.8, 4) is 0 Å². The van der Waals surface area contributed by atoms with E-state index in [0.29, 0.717) is 18.8 Å². The van der Waals surface area contributed by atoms with E-state index >= 15 is 0 Å². The van der Waals surface area contributed by atoms with Crippen molar-refractivity contribution in [1.29, 1.82) is 0 Å². The molecular weight excluding hydrogens is 285 g/mol. The first-order valence-corrected chi connectivity index (χ1v) is 6.42. The molecule has 0 atom stereocenters. The standard InChI is InChI=1S/C13H17ClFN3O2/c1-18(2)6-5-16-12(19)8-13(20)17-9-3-4-11(15)10(14)7-9/h3-4,7H,5-6,8H2,1-2H3,(H,16,19)(H,17,20). The molecule has 5 nitrogen and oxygen atoms in total. The van der Waals surface area contributed by atoms with Gasteiger partial charge in [0.1, 0.15) is 12.2 Å². The molecule has 1 rings (SSSR count). The van der Waals surface area contributed by atoms with Gasteiger partial charge in [-0.25, -0.2) is 4.39 Å². The minimum atomic E-state index is -0.564. The van der Waals surface area contributed by atoms with Crippen LogP contribution in [0.1, 0.15) is 6.42 Å². The van der Waals surface area contributed by atoms with Crippen molar-refractivity contribution >= 4 is 29.1 Å². The van der Waals surface area contributed by atoms with Crippen molar-refractivity contribution in [3.05, 3.63) is 29.0 Å². The normalized spacial score (nSPS) is 10.4. The molecule has 0 bridgehead atoms. The lowest BCUT2D eigenvalue weighted by atomic mass is 10.3. The number of benzene rings is 1. The topological polar surface area (TPSA) is 61.4 Å². The zero-order valence-electron chi connectivity index (χ0n) is 11.4. The Kier molecular flexibility index (Phi) is 6.41. The summed E-state index contributed by atoms with van der Waals surface area (Å²) in [5.74, 6) is -1.40. The van der Waals surface area contributed by atoms with Crippen LogP contribution in [-0.2, 0) is 9.59 Å². The first-order valence-electron chi connectivity index (χ1n) is 6.05. The number of nitrogens with one attached hydrogen (secondary N) is 2. The minimum Gasteiger partial charge on any atom is -0.354 e. The summed E-state index contributed by atoms with van der Waals surface area (Å²) in [6.07, 6.45) is -0.289. The van der Waals surface area contributed by atoms with Crippen molar-refractivity contribution in [2.75, 3.05) is 32.5 Å². The monoisotopic (exact) mass is 301 g/mol. The average molecular weight is 302 g/mol. The number of hydrogen-bond donors (Lipinski definition) is 2. The second-order valence-electron chi connectivity index (χ2n) is 4.51. The quantitative estimate of drug-likeness (QED) is 0.783. The third-order valence-corrected chi connectivity index (χ3v) is 2.70. The summed E-state index contributed by atoms with van der Waals surface area (Å²) in [7, 11) is 3.77. The molecule has 1 aromatic carbocycles. The number of anilines is 1. The Labute approximate surface area is 122 Å². The highest BCUT2D eigenvalue weighted by molar-refractivity contribution is 6.31. The van der Waals surface area contributed by atoms with Gasteiger partial charge in [-0.15, -0.1) is 0 Å². The maximum atomic E-state index is 12.9. The summed E-state index contributed by atoms with van der Waals surface area (Å²) >= 11 is 5.59. The van der Waals surface area contributed by atoms with Crippen LogP contribution < -0.4 is 10.6 Å². The first-order chi connectivity index (χ1) is 9.38. The van der Waals surface area contributed by atoms with E-state index in [2.05, 4.69) is 10.6 Å². The summed E-state index contributed by atoms with van der Waals surface area (Å²) in [6, 6.07) is 3.82. The predicted octanol–water partition coefficient (Wildman–Crippen LogP) is 1.49. The molecule has 20 heavy (non-hydrogen) atoms. The molecule has 0 aliphatic carbocycles. The van der Waals surface area contributed by atoms with Gasteiger partial charge in [0.15, 0.2) is 0 Å². The van der Waals surface area contributed by atoms with Gasteiger partial charge in [-0.2, -0.15) is 0 Å². The number of carbonyl (C=O) groups is 2. The van der Waals surface area contributed by atoms with Crippen molar-refractivity contribution < 1.29 is 14.0 Å². The van der Waals surface area contributed by atoms with Crippen LogP contribution in [0, 0.1) is 5.82 Å². The molecule has 2 amide bonds. The second kappa shape index (κ2) is 7.81. The highest BCUT2D eigenvalue weighted by Gasteiger charge is 2.10. The molecule has 0 aliphatic heterocycles. The van der Waals surface area contributed by atoms with Gasteiger partial charge in [0.25, 0.3) is 0 Å². The molecule has 7 heteroatoms. The van der Waals surface area contributed by atoms with Crippen LogP contribution in [0.3, 0.4) is 0 Å². The van der Waals surface area contributed by atoms with Crippen LogP contribution >= 0.6 is 11.6 Å². The minimum absolute atomic E-state index is 0.0850. The molecule has 0 aromatic heterocycles. The number of halogens is 2. The third kappa shape index (κ3) is 5.99. The summed E-state index contributed by atoms with van der Waals surface area (Å²) in [5, 5.41) is 5.02. The fourth-order valence-electron chi connectivity index (χ4n) is 1.41. The average Bonchev–Trinajstić information content (AvgIpc) is 2.33. The van der Waals surface area contributed by atoms with Crippen LogP contribution in [0.15, 0.2) is 18.2 Å². The van der Waals surface area contributed by atoms with E-state index in [0.717, 1.165) is 6.07 Å². The van der Waals surface area contributed by atoms with Gasteiger partial charge >= 0.3 is 0 Å². The number of amides is 2. The van der Waals surface area contributed by atoms with Gasteiger partial charge in [-0.05, 0) is 32.3 Å². The van der Waals surface area contributed by atoms with Gasteiger partial charge in [0.2, 0.25) is 11.8 Å². The summed E-state index contributed by atoms with van der Waals surface area (Å²) in [5.41, 5.74) is 0.350. The van der Waals surface area contributed by atoms with Gasteiger partial charge in [-0.3, -0.25) is 9.59 Å². The number of hydrogen-bond acceptors (Lipinski definition) is 3. The van der Waals surface area contributed by atoms with Gasteiger partial charge in [0.05, 0.1) is 5.02 Å². The van der Waals surface area contributed by atoms with E-state index in [4.69, 9.17) is 11.6 Å². The summed E-state index contributed by atoms with van der Waals surface area (Å²) in [4.78, 5) is 25.0. The summed E-state index contributed by atoms with van der Waals surface area (Å²) < 4.78 is 12.9. The Bertz CT molecular complexity index is 495. The maximum absolute atomic E-state index is 12.9. The fourth-order valence-corrected chi connectivity index (χ4v) is 1.59. The molecule has 0 heterocycles. The molecule has 0 saturated carbocycles. The zero-order valence-corrected chi connectivity index (χ0v) is 12.1. The molecule has 0 fully saturated rings. The second-order valence-corrected chi connectivity index (χ2v) is 4.91. The Hall–Kier alpha value is -1.66. The molecule has 1 aromatic rings. The van der Waals surface area contributed by atoms with E-state index in [-0.39, 0.29) is 17.4 Å². The van der Waals surface area contributed by atoms with Crippen molar-refractivity contribution in [1.82, 2.24) is 10.2 Å². The van der Waals surface area contributed by atoms with Gasteiger partial charge in [-0.1, -0.05) is 11.6 Å². The largest absolute Gasteiger partial charge is 0.354 e. The highest BCUT2D eigenvalue weighted by atomic mass is 35.5. The van der Waals surface area contributed by atoms with Crippen LogP contribution in [0.25, 0.3) is 0 Å². The van der Waals surface area contributed by atoms with Crippen molar-refractivity contribution in [2.24, 2.45) is 0 Å². The molecule has 2 N–H and O–H groups in total. The Morgan fingerprint density at radius 3 is 2.60 bits per heavy atom. The van der Waals surface area contributed by atoms with Crippen molar-refractivity contribution in [2.45, 2.75) is 6.42 Å². The van der Waals surface area contributed by atoms with Crippen LogP contribution in [-0.4, -0.2) is 43.9 Å². The predicted molar refractivity (Wildman–Crippen MR) is 76.2 cm³/mol. The molecule has 0 radical (unpaired) electrons. The highest BCUT2D eigenvalue weighted by Crippen LogP contribution is 2.19. The van der Waals surface area contributed by atoms with E-state index < -0.39 is 11.7 Å². The number of likely N-dealkylation sites (N-methyl/N-ethyl adjacent to an activating group) is 1. The van der Waals surface area contributed by atoms with E-state index in [1.807, 2.05) is 19.0 Å². The zero-order chi connectivity index (χ0) is 15.1. The lowest BCUT2D eigenvalue weighted by Gasteiger charge is -2.10. The SMILES string of the molecule is CN(C)CCNC(=O)CC(=O)Nc1ccc(F)c(Cl)c1. The Morgan fingerprint density at radius 2 is 2.00 bits per heavy atom. The van der Waals surface area contributed by atoms with E-state index in [9.17, 15) is 14.0 Å². The number of nitrogens with zero attached hydrogens (tertiary/aromatic N) is 1. The Morgan fingerprint density at radius 1 is 1.30 bits per heavy atom. The van der Waals surface area contributed by atoms with Crippen LogP contribution in [0.5, 0.6) is 0 Å². The molecule has 0 aliphatic rings.